The van der Waals surface area contributed by atoms with Gasteiger partial charge in [0.2, 0.25) is 0 Å². The summed E-state index contributed by atoms with van der Waals surface area (Å²) in [4.78, 5) is 37.7. The Labute approximate surface area is 385 Å². The topological polar surface area (TPSA) is 131 Å². The van der Waals surface area contributed by atoms with Crippen molar-refractivity contribution in [2.24, 2.45) is 0 Å². The first kappa shape index (κ1) is 60.4. The number of rotatable bonds is 44. The molecule has 0 rings (SSSR count). The number of phosphoric acid groups is 1. The Morgan fingerprint density at radius 1 is 0.603 bits per heavy atom. The fraction of sp³-hybridized carbons (Fsp3) is 0.731. The smallest absolute Gasteiger partial charge is 0.306 e. The standard InChI is InChI=1S/C52H92NO9P/c1-6-8-10-12-14-16-18-20-21-22-23-24-25-27-29-31-33-35-39-43-51(55)59-47-50(48-61-63(57,58)60-46-45-53(3,4)5)62-52(56)44-40-36-38-42-49(54)41-37-34-32-30-28-26-19-17-15-13-11-9-7-2/h9,11,15,17,26,28,32,34,36-38,41,49-50,54H,6-8,10,12-14,16,18-25,27,29-31,33,35,39-40,42-48H2,1-5H3/b11-9-,17-15-,28-26-,34-32-,38-36-,41-37-/t49?,50-/m1/s1. The van der Waals surface area contributed by atoms with Crippen LogP contribution in [-0.2, 0) is 32.7 Å². The number of nitrogens with zero attached hydrogens (tertiary/aromatic N) is 1. The molecule has 0 amide bonds. The highest BCUT2D eigenvalue weighted by atomic mass is 31.2. The van der Waals surface area contributed by atoms with Crippen LogP contribution < -0.4 is 4.89 Å². The van der Waals surface area contributed by atoms with Crippen molar-refractivity contribution in [3.63, 3.8) is 0 Å². The van der Waals surface area contributed by atoms with E-state index < -0.39 is 38.6 Å². The second-order valence-corrected chi connectivity index (χ2v) is 19.1. The van der Waals surface area contributed by atoms with Crippen LogP contribution in [-0.4, -0.2) is 81.2 Å². The van der Waals surface area contributed by atoms with Crippen LogP contribution in [0.5, 0.6) is 0 Å². The van der Waals surface area contributed by atoms with Crippen molar-refractivity contribution in [3.05, 3.63) is 72.9 Å². The van der Waals surface area contributed by atoms with Crippen LogP contribution in [0.3, 0.4) is 0 Å². The first-order chi connectivity index (χ1) is 30.4. The molecule has 11 heteroatoms. The molecular formula is C52H92NO9P. The van der Waals surface area contributed by atoms with Gasteiger partial charge in [-0.1, -0.05) is 202 Å². The molecule has 364 valence electrons. The molecule has 0 saturated carbocycles. The largest absolute Gasteiger partial charge is 0.756 e. The average molecular weight is 906 g/mol. The number of ether oxygens (including phenoxy) is 2. The number of hydrogen-bond donors (Lipinski definition) is 1. The lowest BCUT2D eigenvalue weighted by atomic mass is 10.0. The number of phosphoric ester groups is 1. The SMILES string of the molecule is CC/C=C\C/C=C\C/C=C\C/C=C\C=C/C(O)C/C=C\CCC(=O)O[C@H](COC(=O)CCCCCCCCCCCCCCCCCCCCC)COP(=O)([O-])OCC[N+](C)(C)C. The van der Waals surface area contributed by atoms with Crippen molar-refractivity contribution < 1.29 is 47.2 Å². The van der Waals surface area contributed by atoms with E-state index in [4.69, 9.17) is 18.5 Å². The van der Waals surface area contributed by atoms with E-state index in [1.54, 1.807) is 18.2 Å². The quantitative estimate of drug-likeness (QED) is 0.0158. The molecule has 2 unspecified atom stereocenters. The highest BCUT2D eigenvalue weighted by molar-refractivity contribution is 7.45. The number of hydrogen-bond acceptors (Lipinski definition) is 9. The zero-order valence-corrected chi connectivity index (χ0v) is 41.5. The van der Waals surface area contributed by atoms with Crippen LogP contribution in [0, 0.1) is 0 Å². The Morgan fingerprint density at radius 3 is 1.63 bits per heavy atom. The number of allylic oxidation sites excluding steroid dienone is 10. The van der Waals surface area contributed by atoms with E-state index in [0.717, 1.165) is 44.9 Å². The molecule has 0 saturated heterocycles. The van der Waals surface area contributed by atoms with E-state index in [0.29, 0.717) is 30.3 Å². The minimum absolute atomic E-state index is 0.0171. The molecule has 3 atom stereocenters. The predicted octanol–water partition coefficient (Wildman–Crippen LogP) is 12.9. The number of aliphatic hydroxyl groups excluding tert-OH is 1. The summed E-state index contributed by atoms with van der Waals surface area (Å²) in [5.41, 5.74) is 0. The third kappa shape index (κ3) is 47.2. The zero-order valence-electron chi connectivity index (χ0n) is 40.6. The number of unbranched alkanes of at least 4 members (excludes halogenated alkanes) is 18. The van der Waals surface area contributed by atoms with Crippen LogP contribution >= 0.6 is 7.82 Å². The van der Waals surface area contributed by atoms with Gasteiger partial charge in [-0.25, -0.2) is 0 Å². The number of carbonyl (C=O) groups is 2. The average Bonchev–Trinajstić information content (AvgIpc) is 3.23. The van der Waals surface area contributed by atoms with Crippen molar-refractivity contribution in [1.29, 1.82) is 0 Å². The molecular weight excluding hydrogens is 814 g/mol. The molecule has 0 fully saturated rings. The van der Waals surface area contributed by atoms with E-state index in [-0.39, 0.29) is 26.1 Å². The Morgan fingerprint density at radius 2 is 1.11 bits per heavy atom. The number of aliphatic hydroxyl groups is 1. The first-order valence-corrected chi connectivity index (χ1v) is 26.2. The van der Waals surface area contributed by atoms with Crippen LogP contribution in [0.2, 0.25) is 0 Å². The lowest BCUT2D eigenvalue weighted by Gasteiger charge is -2.28. The summed E-state index contributed by atoms with van der Waals surface area (Å²) in [6.45, 7) is 3.92. The van der Waals surface area contributed by atoms with E-state index in [1.807, 2.05) is 39.4 Å². The highest BCUT2D eigenvalue weighted by Crippen LogP contribution is 2.38. The number of quaternary nitrogens is 1. The van der Waals surface area contributed by atoms with Crippen LogP contribution in [0.1, 0.15) is 187 Å². The molecule has 1 N–H and O–H groups in total. The van der Waals surface area contributed by atoms with Crippen LogP contribution in [0.25, 0.3) is 0 Å². The summed E-state index contributed by atoms with van der Waals surface area (Å²) in [6.07, 6.45) is 51.1. The van der Waals surface area contributed by atoms with Gasteiger partial charge in [0.25, 0.3) is 7.82 Å². The molecule has 0 aliphatic rings. The fourth-order valence-electron chi connectivity index (χ4n) is 6.47. The van der Waals surface area contributed by atoms with Gasteiger partial charge >= 0.3 is 11.9 Å². The summed E-state index contributed by atoms with van der Waals surface area (Å²) in [5.74, 6) is -1.01. The molecule has 0 spiro atoms. The maximum absolute atomic E-state index is 12.7. The Kier molecular flexibility index (Phi) is 41.5. The third-order valence-corrected chi connectivity index (χ3v) is 11.3. The molecule has 63 heavy (non-hydrogen) atoms. The van der Waals surface area contributed by atoms with Crippen LogP contribution in [0.15, 0.2) is 72.9 Å². The maximum Gasteiger partial charge on any atom is 0.306 e. The summed E-state index contributed by atoms with van der Waals surface area (Å²) in [6, 6.07) is 0. The summed E-state index contributed by atoms with van der Waals surface area (Å²) >= 11 is 0. The maximum atomic E-state index is 12.7. The normalized spacial score (nSPS) is 14.6. The van der Waals surface area contributed by atoms with Crippen LogP contribution in [0.4, 0.5) is 0 Å². The first-order valence-electron chi connectivity index (χ1n) is 24.8. The second kappa shape index (κ2) is 43.3. The lowest BCUT2D eigenvalue weighted by Crippen LogP contribution is -2.37. The van der Waals surface area contributed by atoms with Gasteiger partial charge in [0.05, 0.1) is 33.9 Å². The van der Waals surface area contributed by atoms with Gasteiger partial charge in [-0.3, -0.25) is 14.2 Å². The Hall–Kier alpha value is -2.59. The summed E-state index contributed by atoms with van der Waals surface area (Å²) in [7, 11) is 1.05. The van der Waals surface area contributed by atoms with Gasteiger partial charge in [0, 0.05) is 12.8 Å². The lowest BCUT2D eigenvalue weighted by molar-refractivity contribution is -0.870. The molecule has 0 bridgehead atoms. The summed E-state index contributed by atoms with van der Waals surface area (Å²) < 4.78 is 33.8. The van der Waals surface area contributed by atoms with Gasteiger partial charge in [0.15, 0.2) is 6.10 Å². The van der Waals surface area contributed by atoms with Gasteiger partial charge in [-0.15, -0.1) is 0 Å². The van der Waals surface area contributed by atoms with E-state index in [2.05, 4.69) is 50.3 Å². The van der Waals surface area contributed by atoms with Crippen molar-refractivity contribution in [2.45, 2.75) is 199 Å². The van der Waals surface area contributed by atoms with Crippen molar-refractivity contribution in [3.8, 4) is 0 Å². The summed E-state index contributed by atoms with van der Waals surface area (Å²) in [5, 5.41) is 10.3. The molecule has 10 nitrogen and oxygen atoms in total. The molecule has 0 aromatic heterocycles. The van der Waals surface area contributed by atoms with Crippen molar-refractivity contribution in [1.82, 2.24) is 0 Å². The van der Waals surface area contributed by atoms with Gasteiger partial charge < -0.3 is 33.0 Å². The van der Waals surface area contributed by atoms with E-state index in [9.17, 15) is 24.2 Å². The third-order valence-electron chi connectivity index (χ3n) is 10.3. The van der Waals surface area contributed by atoms with Crippen molar-refractivity contribution in [2.75, 3.05) is 47.5 Å². The van der Waals surface area contributed by atoms with Gasteiger partial charge in [-0.2, -0.15) is 0 Å². The van der Waals surface area contributed by atoms with Crippen molar-refractivity contribution >= 4 is 19.8 Å². The number of likely N-dealkylation sites (N-methyl/N-ethyl adjacent to an activating group) is 1. The number of carbonyl (C=O) groups excluding carboxylic acids is 2. The highest BCUT2D eigenvalue weighted by Gasteiger charge is 2.21. The fourth-order valence-corrected chi connectivity index (χ4v) is 7.20. The monoisotopic (exact) mass is 906 g/mol. The molecule has 0 aliphatic carbocycles. The van der Waals surface area contributed by atoms with Gasteiger partial charge in [0.1, 0.15) is 19.8 Å². The molecule has 0 aromatic rings. The molecule has 0 aliphatic heterocycles. The minimum atomic E-state index is -4.68. The van der Waals surface area contributed by atoms with E-state index >= 15 is 0 Å². The Bertz CT molecular complexity index is 1320. The van der Waals surface area contributed by atoms with Gasteiger partial charge in [-0.05, 0) is 44.9 Å². The minimum Gasteiger partial charge on any atom is -0.756 e. The molecule has 0 heterocycles. The zero-order chi connectivity index (χ0) is 46.5. The Balaban J connectivity index is 4.47. The number of esters is 2. The second-order valence-electron chi connectivity index (χ2n) is 17.7. The van der Waals surface area contributed by atoms with E-state index in [1.165, 1.54) is 96.3 Å². The predicted molar refractivity (Wildman–Crippen MR) is 260 cm³/mol. The molecule has 0 radical (unpaired) electrons. The molecule has 0 aromatic carbocycles.